The second kappa shape index (κ2) is 6.75. The number of rotatable bonds is 3. The van der Waals surface area contributed by atoms with Gasteiger partial charge in [0.2, 0.25) is 5.78 Å². The van der Waals surface area contributed by atoms with Gasteiger partial charge in [0, 0.05) is 24.0 Å². The number of aromatic nitrogens is 1. The van der Waals surface area contributed by atoms with Gasteiger partial charge in [-0.3, -0.25) is 4.79 Å². The molecule has 0 bridgehead atoms. The highest BCUT2D eigenvalue weighted by molar-refractivity contribution is 7.11. The summed E-state index contributed by atoms with van der Waals surface area (Å²) in [5, 5.41) is 13.0. The molecule has 4 rings (SSSR count). The number of thiazole rings is 1. The van der Waals surface area contributed by atoms with Crippen molar-refractivity contribution in [1.29, 1.82) is 0 Å². The fraction of sp³-hybridized carbons (Fsp3) is 0.263. The lowest BCUT2D eigenvalue weighted by Gasteiger charge is -2.46. The number of carbonyl (C=O) groups excluding carboxylic acids is 1. The lowest BCUT2D eigenvalue weighted by molar-refractivity contribution is -0.209. The zero-order chi connectivity index (χ0) is 18.3. The molecule has 2 aliphatic rings. The summed E-state index contributed by atoms with van der Waals surface area (Å²) in [6.45, 7) is 2.48. The Bertz CT molecular complexity index is 890. The molecule has 2 aliphatic heterocycles. The number of benzene rings is 1. The van der Waals surface area contributed by atoms with E-state index in [-0.39, 0.29) is 11.6 Å². The van der Waals surface area contributed by atoms with Crippen LogP contribution < -0.4 is 0 Å². The number of hydroxylamine groups is 2. The molecule has 3 heterocycles. The van der Waals surface area contributed by atoms with Crippen LogP contribution in [0.2, 0.25) is 0 Å². The number of allylic oxidation sites excluding steroid dienone is 2. The number of Topliss-reactive ketones (excluding diaryl/α,β-unsaturated/α-hetero) is 1. The Hall–Kier alpha value is -2.35. The van der Waals surface area contributed by atoms with Crippen molar-refractivity contribution in [1.82, 2.24) is 14.9 Å². The van der Waals surface area contributed by atoms with E-state index in [2.05, 4.69) is 4.98 Å². The third-order valence-corrected chi connectivity index (χ3v) is 5.61. The average molecular weight is 371 g/mol. The van der Waals surface area contributed by atoms with Gasteiger partial charge in [0.05, 0.1) is 10.7 Å². The standard InChI is InChI=1S/C19H18FN3O2S/c1-12-21-11-15(26-12)10-17-22-9-3-2-4-16(22)19(24)18(23(17)25)13-5-7-14(20)8-6-13/h2-8,11,17-18,25H,9-10H2,1H3. The minimum Gasteiger partial charge on any atom is -0.347 e. The Labute approximate surface area is 154 Å². The van der Waals surface area contributed by atoms with E-state index in [0.29, 0.717) is 24.2 Å². The van der Waals surface area contributed by atoms with Gasteiger partial charge in [-0.05, 0) is 30.7 Å². The molecule has 0 amide bonds. The van der Waals surface area contributed by atoms with Gasteiger partial charge in [0.1, 0.15) is 18.0 Å². The zero-order valence-corrected chi connectivity index (χ0v) is 15.0. The number of hydrogen-bond acceptors (Lipinski definition) is 6. The van der Waals surface area contributed by atoms with E-state index < -0.39 is 12.2 Å². The Kier molecular flexibility index (Phi) is 4.44. The normalized spacial score (nSPS) is 23.1. The van der Waals surface area contributed by atoms with Gasteiger partial charge in [0.25, 0.3) is 0 Å². The number of ketones is 1. The number of nitrogens with zero attached hydrogens (tertiary/aromatic N) is 3. The summed E-state index contributed by atoms with van der Waals surface area (Å²) in [5.74, 6) is -0.570. The third kappa shape index (κ3) is 2.98. The number of hydrogen-bond donors (Lipinski definition) is 1. The van der Waals surface area contributed by atoms with Gasteiger partial charge in [-0.2, -0.15) is 5.06 Å². The average Bonchev–Trinajstić information content (AvgIpc) is 3.05. The number of halogens is 1. The van der Waals surface area contributed by atoms with Gasteiger partial charge in [0.15, 0.2) is 0 Å². The Balaban J connectivity index is 1.72. The highest BCUT2D eigenvalue weighted by atomic mass is 32.1. The minimum atomic E-state index is -0.858. The molecule has 1 N–H and O–H groups in total. The van der Waals surface area contributed by atoms with Crippen LogP contribution in [0.1, 0.15) is 21.5 Å². The maximum absolute atomic E-state index is 13.3. The molecule has 2 aromatic rings. The molecule has 0 aliphatic carbocycles. The van der Waals surface area contributed by atoms with Crippen LogP contribution in [0.5, 0.6) is 0 Å². The van der Waals surface area contributed by atoms with Crippen molar-refractivity contribution in [2.45, 2.75) is 25.6 Å². The summed E-state index contributed by atoms with van der Waals surface area (Å²) < 4.78 is 13.3. The van der Waals surface area contributed by atoms with Crippen LogP contribution in [-0.2, 0) is 11.2 Å². The smallest absolute Gasteiger partial charge is 0.202 e. The van der Waals surface area contributed by atoms with E-state index in [1.165, 1.54) is 12.1 Å². The molecule has 5 nitrogen and oxygen atoms in total. The Morgan fingerprint density at radius 3 is 2.81 bits per heavy atom. The molecule has 26 heavy (non-hydrogen) atoms. The number of aryl methyl sites for hydroxylation is 1. The van der Waals surface area contributed by atoms with E-state index >= 15 is 0 Å². The van der Waals surface area contributed by atoms with Crippen molar-refractivity contribution in [3.8, 4) is 0 Å². The minimum absolute atomic E-state index is 0.194. The van der Waals surface area contributed by atoms with E-state index in [1.807, 2.05) is 24.0 Å². The SMILES string of the molecule is Cc1ncc(CC2N3CC=CC=C3C(=O)C(c3ccc(F)cc3)N2O)s1. The molecule has 1 aromatic heterocycles. The molecule has 0 spiro atoms. The lowest BCUT2D eigenvalue weighted by atomic mass is 9.94. The van der Waals surface area contributed by atoms with Crippen LogP contribution in [0.25, 0.3) is 0 Å². The number of fused-ring (bicyclic) bond motifs is 1. The lowest BCUT2D eigenvalue weighted by Crippen LogP contribution is -2.57. The summed E-state index contributed by atoms with van der Waals surface area (Å²) in [7, 11) is 0. The maximum atomic E-state index is 13.3. The van der Waals surface area contributed by atoms with E-state index in [0.717, 1.165) is 14.9 Å². The fourth-order valence-corrected chi connectivity index (χ4v) is 4.26. The van der Waals surface area contributed by atoms with Crippen molar-refractivity contribution in [2.75, 3.05) is 6.54 Å². The van der Waals surface area contributed by atoms with Crippen molar-refractivity contribution in [3.05, 3.63) is 75.7 Å². The van der Waals surface area contributed by atoms with Gasteiger partial charge in [-0.25, -0.2) is 9.37 Å². The molecule has 0 saturated carbocycles. The summed E-state index contributed by atoms with van der Waals surface area (Å²) >= 11 is 1.58. The van der Waals surface area contributed by atoms with E-state index in [9.17, 15) is 14.4 Å². The third-order valence-electron chi connectivity index (χ3n) is 4.67. The zero-order valence-electron chi connectivity index (χ0n) is 14.2. The van der Waals surface area contributed by atoms with Crippen LogP contribution in [0.15, 0.2) is 54.4 Å². The molecule has 2 atom stereocenters. The van der Waals surface area contributed by atoms with Gasteiger partial charge in [-0.1, -0.05) is 24.3 Å². The molecular formula is C19H18FN3O2S. The van der Waals surface area contributed by atoms with Crippen LogP contribution in [0.3, 0.4) is 0 Å². The molecule has 2 unspecified atom stereocenters. The quantitative estimate of drug-likeness (QED) is 0.898. The van der Waals surface area contributed by atoms with E-state index in [4.69, 9.17) is 0 Å². The van der Waals surface area contributed by atoms with E-state index in [1.54, 1.807) is 35.7 Å². The predicted molar refractivity (Wildman–Crippen MR) is 96.0 cm³/mol. The molecule has 7 heteroatoms. The first kappa shape index (κ1) is 17.1. The first-order valence-electron chi connectivity index (χ1n) is 8.36. The molecule has 1 fully saturated rings. The molecule has 0 radical (unpaired) electrons. The topological polar surface area (TPSA) is 56.7 Å². The van der Waals surface area contributed by atoms with Crippen molar-refractivity contribution in [3.63, 3.8) is 0 Å². The summed E-state index contributed by atoms with van der Waals surface area (Å²) in [4.78, 5) is 20.2. The van der Waals surface area contributed by atoms with Gasteiger partial charge < -0.3 is 10.1 Å². The molecule has 1 saturated heterocycles. The first-order chi connectivity index (χ1) is 12.5. The van der Waals surface area contributed by atoms with Crippen LogP contribution in [-0.4, -0.2) is 38.6 Å². The number of carbonyl (C=O) groups is 1. The van der Waals surface area contributed by atoms with Crippen molar-refractivity contribution in [2.24, 2.45) is 0 Å². The van der Waals surface area contributed by atoms with Crippen LogP contribution in [0.4, 0.5) is 4.39 Å². The second-order valence-corrected chi connectivity index (χ2v) is 7.68. The largest absolute Gasteiger partial charge is 0.347 e. The van der Waals surface area contributed by atoms with Crippen LogP contribution >= 0.6 is 11.3 Å². The monoisotopic (exact) mass is 371 g/mol. The van der Waals surface area contributed by atoms with Gasteiger partial charge in [-0.15, -0.1) is 11.3 Å². The summed E-state index contributed by atoms with van der Waals surface area (Å²) in [5.41, 5.74) is 1.14. The second-order valence-electron chi connectivity index (χ2n) is 6.36. The molecule has 1 aromatic carbocycles. The molecular weight excluding hydrogens is 353 g/mol. The van der Waals surface area contributed by atoms with Crippen molar-refractivity contribution >= 4 is 17.1 Å². The summed E-state index contributed by atoms with van der Waals surface area (Å²) in [6, 6.07) is 4.84. The highest BCUT2D eigenvalue weighted by Crippen LogP contribution is 2.36. The molecule has 134 valence electrons. The van der Waals surface area contributed by atoms with Crippen molar-refractivity contribution < 1.29 is 14.4 Å². The Morgan fingerprint density at radius 1 is 1.35 bits per heavy atom. The summed E-state index contributed by atoms with van der Waals surface area (Å²) in [6.07, 6.45) is 7.53. The first-order valence-corrected chi connectivity index (χ1v) is 9.18. The maximum Gasteiger partial charge on any atom is 0.202 e. The highest BCUT2D eigenvalue weighted by Gasteiger charge is 2.44. The Morgan fingerprint density at radius 2 is 2.12 bits per heavy atom. The predicted octanol–water partition coefficient (Wildman–Crippen LogP) is 3.23. The van der Waals surface area contributed by atoms with Crippen LogP contribution in [0, 0.1) is 12.7 Å². The van der Waals surface area contributed by atoms with Gasteiger partial charge >= 0.3 is 0 Å². The fourth-order valence-electron chi connectivity index (χ4n) is 3.44.